The molecule has 0 radical (unpaired) electrons. The number of rotatable bonds is 7. The average Bonchev–Trinajstić information content (AvgIpc) is 2.38. The van der Waals surface area contributed by atoms with Gasteiger partial charge in [-0.1, -0.05) is 0 Å². The van der Waals surface area contributed by atoms with E-state index in [-0.39, 0.29) is 11.8 Å². The van der Waals surface area contributed by atoms with Gasteiger partial charge in [0.25, 0.3) is 0 Å². The second-order valence-corrected chi connectivity index (χ2v) is 4.22. The molecule has 4 nitrogen and oxygen atoms in total. The van der Waals surface area contributed by atoms with Gasteiger partial charge < -0.3 is 14.8 Å². The van der Waals surface area contributed by atoms with Gasteiger partial charge in [-0.15, -0.1) is 0 Å². The van der Waals surface area contributed by atoms with Crippen molar-refractivity contribution in [1.82, 2.24) is 5.32 Å². The van der Waals surface area contributed by atoms with Crippen LogP contribution in [-0.4, -0.2) is 39.2 Å². The summed E-state index contributed by atoms with van der Waals surface area (Å²) in [5.74, 6) is 0.878. The zero-order valence-electron chi connectivity index (χ0n) is 11.4. The number of carbonyl (C=O) groups excluding carboxylic acids is 1. The third-order valence-electron chi connectivity index (χ3n) is 2.83. The van der Waals surface area contributed by atoms with Gasteiger partial charge in [0, 0.05) is 19.2 Å². The molecule has 0 amide bonds. The van der Waals surface area contributed by atoms with Crippen molar-refractivity contribution in [2.24, 2.45) is 0 Å². The Labute approximate surface area is 108 Å². The molecule has 1 N–H and O–H groups in total. The van der Waals surface area contributed by atoms with E-state index in [9.17, 15) is 4.79 Å². The highest BCUT2D eigenvalue weighted by atomic mass is 16.5. The molecular formula is C14H21NO3. The topological polar surface area (TPSA) is 47.6 Å². The van der Waals surface area contributed by atoms with Gasteiger partial charge in [-0.2, -0.15) is 0 Å². The standard InChI is InChI=1S/C14H21NO3/c1-10-9-12(5-6-13(10)18-4)14(16)11(2)15-7-8-17-3/h5-6,9,11,15H,7-8H2,1-4H3. The Kier molecular flexibility index (Phi) is 5.82. The Hall–Kier alpha value is -1.39. The first-order valence-corrected chi connectivity index (χ1v) is 6.01. The molecule has 0 heterocycles. The molecule has 1 aromatic carbocycles. The zero-order valence-corrected chi connectivity index (χ0v) is 11.4. The van der Waals surface area contributed by atoms with Crippen LogP contribution >= 0.6 is 0 Å². The van der Waals surface area contributed by atoms with Crippen molar-refractivity contribution < 1.29 is 14.3 Å². The van der Waals surface area contributed by atoms with Gasteiger partial charge in [-0.3, -0.25) is 4.79 Å². The molecule has 0 fully saturated rings. The van der Waals surface area contributed by atoms with Crippen LogP contribution in [0.3, 0.4) is 0 Å². The van der Waals surface area contributed by atoms with Gasteiger partial charge in [0.05, 0.1) is 19.8 Å². The smallest absolute Gasteiger partial charge is 0.179 e. The molecule has 1 unspecified atom stereocenters. The van der Waals surface area contributed by atoms with Crippen molar-refractivity contribution in [3.8, 4) is 5.75 Å². The van der Waals surface area contributed by atoms with Gasteiger partial charge in [0.2, 0.25) is 0 Å². The van der Waals surface area contributed by atoms with Crippen molar-refractivity contribution >= 4 is 5.78 Å². The van der Waals surface area contributed by atoms with Crippen molar-refractivity contribution in [2.45, 2.75) is 19.9 Å². The normalized spacial score (nSPS) is 12.2. The molecule has 0 aliphatic carbocycles. The fourth-order valence-corrected chi connectivity index (χ4v) is 1.75. The van der Waals surface area contributed by atoms with E-state index in [4.69, 9.17) is 9.47 Å². The molecule has 1 atom stereocenters. The first kappa shape index (κ1) is 14.7. The summed E-state index contributed by atoms with van der Waals surface area (Å²) >= 11 is 0. The lowest BCUT2D eigenvalue weighted by molar-refractivity contribution is 0.0945. The molecule has 0 aromatic heterocycles. The van der Waals surface area contributed by atoms with Crippen molar-refractivity contribution in [2.75, 3.05) is 27.4 Å². The monoisotopic (exact) mass is 251 g/mol. The number of aryl methyl sites for hydroxylation is 1. The van der Waals surface area contributed by atoms with Crippen LogP contribution in [0, 0.1) is 6.92 Å². The molecule has 100 valence electrons. The lowest BCUT2D eigenvalue weighted by Gasteiger charge is -2.13. The number of hydrogen-bond donors (Lipinski definition) is 1. The Morgan fingerprint density at radius 1 is 1.39 bits per heavy atom. The van der Waals surface area contributed by atoms with Crippen LogP contribution in [0.15, 0.2) is 18.2 Å². The summed E-state index contributed by atoms with van der Waals surface area (Å²) in [6.07, 6.45) is 0. The molecule has 1 rings (SSSR count). The minimum Gasteiger partial charge on any atom is -0.496 e. The molecule has 18 heavy (non-hydrogen) atoms. The lowest BCUT2D eigenvalue weighted by atomic mass is 10.0. The quantitative estimate of drug-likeness (QED) is 0.593. The van der Waals surface area contributed by atoms with Crippen LogP contribution in [0.5, 0.6) is 5.75 Å². The first-order chi connectivity index (χ1) is 8.60. The van der Waals surface area contributed by atoms with Crippen LogP contribution in [0.4, 0.5) is 0 Å². The molecule has 0 saturated carbocycles. The summed E-state index contributed by atoms with van der Waals surface area (Å²) in [7, 11) is 3.26. The van der Waals surface area contributed by atoms with Crippen molar-refractivity contribution in [1.29, 1.82) is 0 Å². The third-order valence-corrected chi connectivity index (χ3v) is 2.83. The lowest BCUT2D eigenvalue weighted by Crippen LogP contribution is -2.36. The van der Waals surface area contributed by atoms with E-state index < -0.39 is 0 Å². The van der Waals surface area contributed by atoms with E-state index in [1.165, 1.54) is 0 Å². The fraction of sp³-hybridized carbons (Fsp3) is 0.500. The third kappa shape index (κ3) is 3.82. The van der Waals surface area contributed by atoms with Gasteiger partial charge in [-0.25, -0.2) is 0 Å². The average molecular weight is 251 g/mol. The second kappa shape index (κ2) is 7.13. The van der Waals surface area contributed by atoms with Crippen molar-refractivity contribution in [3.05, 3.63) is 29.3 Å². The molecule has 0 spiro atoms. The van der Waals surface area contributed by atoms with Crippen molar-refractivity contribution in [3.63, 3.8) is 0 Å². The number of hydrogen-bond acceptors (Lipinski definition) is 4. The molecule has 4 heteroatoms. The summed E-state index contributed by atoms with van der Waals surface area (Å²) in [6, 6.07) is 5.26. The fourth-order valence-electron chi connectivity index (χ4n) is 1.75. The van der Waals surface area contributed by atoms with E-state index >= 15 is 0 Å². The SMILES string of the molecule is COCCNC(C)C(=O)c1ccc(OC)c(C)c1. The summed E-state index contributed by atoms with van der Waals surface area (Å²) in [6.45, 7) is 5.05. The van der Waals surface area contributed by atoms with Gasteiger partial charge >= 0.3 is 0 Å². The van der Waals surface area contributed by atoms with Crippen LogP contribution < -0.4 is 10.1 Å². The van der Waals surface area contributed by atoms with Crippen LogP contribution in [0.1, 0.15) is 22.8 Å². The maximum absolute atomic E-state index is 12.1. The minimum absolute atomic E-state index is 0.0804. The summed E-state index contributed by atoms with van der Waals surface area (Å²) in [5.41, 5.74) is 1.66. The van der Waals surface area contributed by atoms with Gasteiger partial charge in [-0.05, 0) is 37.6 Å². The Balaban J connectivity index is 2.68. The Bertz CT molecular complexity index is 404. The van der Waals surface area contributed by atoms with Crippen LogP contribution in [-0.2, 0) is 4.74 Å². The van der Waals surface area contributed by atoms with E-state index in [0.29, 0.717) is 18.7 Å². The molecule has 0 aliphatic rings. The number of ether oxygens (including phenoxy) is 2. The Morgan fingerprint density at radius 3 is 2.67 bits per heavy atom. The van der Waals surface area contributed by atoms with Gasteiger partial charge in [0.15, 0.2) is 5.78 Å². The maximum Gasteiger partial charge on any atom is 0.179 e. The number of methoxy groups -OCH3 is 2. The minimum atomic E-state index is -0.215. The van der Waals surface area contributed by atoms with E-state index in [1.807, 2.05) is 26.0 Å². The molecule has 0 bridgehead atoms. The molecule has 1 aromatic rings. The number of Topliss-reactive ketones (excluding diaryl/α,β-unsaturated/α-hetero) is 1. The summed E-state index contributed by atoms with van der Waals surface area (Å²) in [5, 5.41) is 3.12. The Morgan fingerprint density at radius 2 is 2.11 bits per heavy atom. The second-order valence-electron chi connectivity index (χ2n) is 4.22. The largest absolute Gasteiger partial charge is 0.496 e. The number of ketones is 1. The summed E-state index contributed by atoms with van der Waals surface area (Å²) < 4.78 is 10.1. The van der Waals surface area contributed by atoms with Gasteiger partial charge in [0.1, 0.15) is 5.75 Å². The zero-order chi connectivity index (χ0) is 13.5. The first-order valence-electron chi connectivity index (χ1n) is 6.01. The molecular weight excluding hydrogens is 230 g/mol. The van der Waals surface area contributed by atoms with E-state index in [2.05, 4.69) is 5.32 Å². The highest BCUT2D eigenvalue weighted by molar-refractivity contribution is 6.00. The van der Waals surface area contributed by atoms with E-state index in [1.54, 1.807) is 20.3 Å². The molecule has 0 saturated heterocycles. The number of benzene rings is 1. The maximum atomic E-state index is 12.1. The number of nitrogens with one attached hydrogen (secondary N) is 1. The van der Waals surface area contributed by atoms with Crippen LogP contribution in [0.2, 0.25) is 0 Å². The molecule has 0 aliphatic heterocycles. The number of carbonyl (C=O) groups is 1. The predicted molar refractivity (Wildman–Crippen MR) is 71.4 cm³/mol. The highest BCUT2D eigenvalue weighted by Crippen LogP contribution is 2.19. The van der Waals surface area contributed by atoms with Crippen LogP contribution in [0.25, 0.3) is 0 Å². The van der Waals surface area contributed by atoms with E-state index in [0.717, 1.165) is 11.3 Å². The summed E-state index contributed by atoms with van der Waals surface area (Å²) in [4.78, 5) is 12.1. The predicted octanol–water partition coefficient (Wildman–Crippen LogP) is 1.81. The highest BCUT2D eigenvalue weighted by Gasteiger charge is 2.15.